The molecule has 0 amide bonds. The number of Topliss-reactive ketones (excluding diaryl/α,β-unsaturated/α-hetero) is 1. The van der Waals surface area contributed by atoms with Crippen molar-refractivity contribution < 1.29 is 14.6 Å². The first-order valence-corrected chi connectivity index (χ1v) is 3.32. The summed E-state index contributed by atoms with van der Waals surface area (Å²) in [7, 11) is 0. The highest BCUT2D eigenvalue weighted by molar-refractivity contribution is 5.84. The molecule has 60 valence electrons. The van der Waals surface area contributed by atoms with Gasteiger partial charge in [-0.3, -0.25) is 4.79 Å². The molecule has 3 heteroatoms. The topological polar surface area (TPSA) is 46.5 Å². The molecule has 0 aromatic carbocycles. The number of rotatable bonds is 4. The van der Waals surface area contributed by atoms with Gasteiger partial charge in [-0.2, -0.15) is 0 Å². The fraction of sp³-hybridized carbons (Fsp3) is 0.857. The maximum Gasteiger partial charge on any atom is 0.163 e. The van der Waals surface area contributed by atoms with Crippen LogP contribution in [0.15, 0.2) is 0 Å². The number of ketones is 1. The van der Waals surface area contributed by atoms with Crippen LogP contribution in [0.1, 0.15) is 20.8 Å². The van der Waals surface area contributed by atoms with Crippen LogP contribution in [0.3, 0.4) is 0 Å². The van der Waals surface area contributed by atoms with Crippen molar-refractivity contribution in [2.75, 3.05) is 13.2 Å². The molecule has 0 saturated heterocycles. The normalized spacial score (nSPS) is 16.4. The molecule has 0 spiro atoms. The average Bonchev–Trinajstić information content (AvgIpc) is 1.84. The number of hydrogen-bond donors (Lipinski definition) is 1. The molecule has 10 heavy (non-hydrogen) atoms. The van der Waals surface area contributed by atoms with Crippen molar-refractivity contribution in [3.63, 3.8) is 0 Å². The summed E-state index contributed by atoms with van der Waals surface area (Å²) in [4.78, 5) is 10.6. The van der Waals surface area contributed by atoms with Gasteiger partial charge in [0.25, 0.3) is 0 Å². The van der Waals surface area contributed by atoms with Gasteiger partial charge in [0, 0.05) is 6.61 Å². The molecule has 1 unspecified atom stereocenters. The van der Waals surface area contributed by atoms with Gasteiger partial charge in [0.2, 0.25) is 0 Å². The van der Waals surface area contributed by atoms with Gasteiger partial charge in [-0.15, -0.1) is 0 Å². The van der Waals surface area contributed by atoms with Gasteiger partial charge in [-0.25, -0.2) is 0 Å². The van der Waals surface area contributed by atoms with Gasteiger partial charge in [0.15, 0.2) is 5.78 Å². The monoisotopic (exact) mass is 146 g/mol. The van der Waals surface area contributed by atoms with Crippen LogP contribution in [0, 0.1) is 0 Å². The highest BCUT2D eigenvalue weighted by Crippen LogP contribution is 2.04. The Bertz CT molecular complexity index is 118. The van der Waals surface area contributed by atoms with Gasteiger partial charge < -0.3 is 9.84 Å². The van der Waals surface area contributed by atoms with E-state index in [0.29, 0.717) is 6.61 Å². The molecule has 0 heterocycles. The molecule has 0 aromatic heterocycles. The second kappa shape index (κ2) is 3.68. The first-order valence-electron chi connectivity index (χ1n) is 3.32. The second-order valence-corrected chi connectivity index (χ2v) is 2.47. The Balaban J connectivity index is 3.75. The summed E-state index contributed by atoms with van der Waals surface area (Å²) in [5.74, 6) is -0.263. The zero-order chi connectivity index (χ0) is 8.20. The largest absolute Gasteiger partial charge is 0.380 e. The molecular formula is C7H14O3. The first kappa shape index (κ1) is 9.59. The van der Waals surface area contributed by atoms with Crippen LogP contribution in [0.5, 0.6) is 0 Å². The molecule has 0 saturated carbocycles. The summed E-state index contributed by atoms with van der Waals surface area (Å²) < 4.78 is 4.89. The third kappa shape index (κ3) is 2.94. The van der Waals surface area contributed by atoms with E-state index in [4.69, 9.17) is 4.74 Å². The summed E-state index contributed by atoms with van der Waals surface area (Å²) in [5, 5.41) is 9.25. The molecule has 0 fully saturated rings. The number of aliphatic hydroxyl groups is 1. The van der Waals surface area contributed by atoms with E-state index in [2.05, 4.69) is 0 Å². The third-order valence-electron chi connectivity index (χ3n) is 1.35. The minimum Gasteiger partial charge on any atom is -0.380 e. The lowest BCUT2D eigenvalue weighted by Crippen LogP contribution is -2.38. The SMILES string of the molecule is CCOCC(C)(O)C(C)=O. The first-order chi connectivity index (χ1) is 4.50. The molecule has 1 atom stereocenters. The van der Waals surface area contributed by atoms with Crippen molar-refractivity contribution in [2.24, 2.45) is 0 Å². The quantitative estimate of drug-likeness (QED) is 0.623. The fourth-order valence-electron chi connectivity index (χ4n) is 0.402. The van der Waals surface area contributed by atoms with Crippen LogP contribution in [-0.2, 0) is 9.53 Å². The van der Waals surface area contributed by atoms with E-state index in [9.17, 15) is 9.90 Å². The number of ether oxygens (including phenoxy) is 1. The Labute approximate surface area is 61.0 Å². The second-order valence-electron chi connectivity index (χ2n) is 2.47. The Morgan fingerprint density at radius 1 is 1.70 bits per heavy atom. The maximum absolute atomic E-state index is 10.6. The highest BCUT2D eigenvalue weighted by atomic mass is 16.5. The maximum atomic E-state index is 10.6. The van der Waals surface area contributed by atoms with E-state index in [1.807, 2.05) is 6.92 Å². The number of hydrogen-bond acceptors (Lipinski definition) is 3. The van der Waals surface area contributed by atoms with E-state index in [1.165, 1.54) is 13.8 Å². The van der Waals surface area contributed by atoms with Crippen LogP contribution >= 0.6 is 0 Å². The number of carbonyl (C=O) groups is 1. The van der Waals surface area contributed by atoms with Crippen molar-refractivity contribution in [3.8, 4) is 0 Å². The molecule has 3 nitrogen and oxygen atoms in total. The molecule has 0 aliphatic rings. The van der Waals surface area contributed by atoms with Crippen LogP contribution in [-0.4, -0.2) is 29.7 Å². The van der Waals surface area contributed by atoms with Gasteiger partial charge in [0.05, 0.1) is 6.61 Å². The lowest BCUT2D eigenvalue weighted by molar-refractivity contribution is -0.139. The summed E-state index contributed by atoms with van der Waals surface area (Å²) in [6, 6.07) is 0. The Hall–Kier alpha value is -0.410. The summed E-state index contributed by atoms with van der Waals surface area (Å²) >= 11 is 0. The highest BCUT2D eigenvalue weighted by Gasteiger charge is 2.25. The molecule has 0 aliphatic carbocycles. The fourth-order valence-corrected chi connectivity index (χ4v) is 0.402. The van der Waals surface area contributed by atoms with E-state index >= 15 is 0 Å². The van der Waals surface area contributed by atoms with Crippen molar-refractivity contribution in [1.29, 1.82) is 0 Å². The third-order valence-corrected chi connectivity index (χ3v) is 1.35. The summed E-state index contributed by atoms with van der Waals surface area (Å²) in [6.45, 7) is 5.21. The molecule has 0 rings (SSSR count). The predicted molar refractivity (Wildman–Crippen MR) is 37.8 cm³/mol. The molecule has 0 aromatic rings. The van der Waals surface area contributed by atoms with Crippen LogP contribution in [0.25, 0.3) is 0 Å². The standard InChI is InChI=1S/C7H14O3/c1-4-10-5-7(3,9)6(2)8/h9H,4-5H2,1-3H3. The van der Waals surface area contributed by atoms with Crippen molar-refractivity contribution >= 4 is 5.78 Å². The van der Waals surface area contributed by atoms with Gasteiger partial charge in [-0.05, 0) is 20.8 Å². The van der Waals surface area contributed by atoms with Crippen molar-refractivity contribution in [3.05, 3.63) is 0 Å². The Morgan fingerprint density at radius 2 is 2.20 bits per heavy atom. The van der Waals surface area contributed by atoms with Gasteiger partial charge in [0.1, 0.15) is 5.60 Å². The van der Waals surface area contributed by atoms with E-state index in [1.54, 1.807) is 0 Å². The number of carbonyl (C=O) groups excluding carboxylic acids is 1. The van der Waals surface area contributed by atoms with Crippen LogP contribution in [0.4, 0.5) is 0 Å². The molecule has 0 radical (unpaired) electrons. The van der Waals surface area contributed by atoms with Gasteiger partial charge in [-0.1, -0.05) is 0 Å². The lowest BCUT2D eigenvalue weighted by Gasteiger charge is -2.18. The average molecular weight is 146 g/mol. The molecule has 0 bridgehead atoms. The summed E-state index contributed by atoms with van der Waals surface area (Å²) in [6.07, 6.45) is 0. The van der Waals surface area contributed by atoms with E-state index in [0.717, 1.165) is 0 Å². The minimum atomic E-state index is -1.31. The smallest absolute Gasteiger partial charge is 0.163 e. The zero-order valence-electron chi connectivity index (χ0n) is 6.68. The van der Waals surface area contributed by atoms with Crippen molar-refractivity contribution in [1.82, 2.24) is 0 Å². The minimum absolute atomic E-state index is 0.0822. The molecule has 1 N–H and O–H groups in total. The zero-order valence-corrected chi connectivity index (χ0v) is 6.68. The summed E-state index contributed by atoms with van der Waals surface area (Å²) in [5.41, 5.74) is -1.31. The Morgan fingerprint density at radius 3 is 2.50 bits per heavy atom. The lowest BCUT2D eigenvalue weighted by atomic mass is 10.0. The Kier molecular flexibility index (Phi) is 3.53. The predicted octanol–water partition coefficient (Wildman–Crippen LogP) is 0.363. The van der Waals surface area contributed by atoms with Crippen molar-refractivity contribution in [2.45, 2.75) is 26.4 Å². The van der Waals surface area contributed by atoms with E-state index < -0.39 is 5.60 Å². The molecule has 0 aliphatic heterocycles. The van der Waals surface area contributed by atoms with E-state index in [-0.39, 0.29) is 12.4 Å². The van der Waals surface area contributed by atoms with Crippen LogP contribution in [0.2, 0.25) is 0 Å². The molecular weight excluding hydrogens is 132 g/mol. The van der Waals surface area contributed by atoms with Crippen LogP contribution < -0.4 is 0 Å². The van der Waals surface area contributed by atoms with Gasteiger partial charge >= 0.3 is 0 Å².